The van der Waals surface area contributed by atoms with Crippen molar-refractivity contribution in [1.82, 2.24) is 29.6 Å². The van der Waals surface area contributed by atoms with Gasteiger partial charge >= 0.3 is 12.1 Å². The number of fused-ring (bicyclic) bond motifs is 3. The molecule has 15 heteroatoms. The van der Waals surface area contributed by atoms with Crippen LogP contribution in [0.1, 0.15) is 96.4 Å². The Balaban J connectivity index is 1.26. The van der Waals surface area contributed by atoms with Crippen molar-refractivity contribution in [1.29, 1.82) is 0 Å². The molecule has 1 aliphatic carbocycles. The van der Waals surface area contributed by atoms with Crippen molar-refractivity contribution in [3.63, 3.8) is 0 Å². The molecule has 4 aromatic rings. The Bertz CT molecular complexity index is 2210. The Morgan fingerprint density at radius 3 is 2.67 bits per heavy atom. The second-order valence-electron chi connectivity index (χ2n) is 17.7. The van der Waals surface area contributed by atoms with Gasteiger partial charge in [0.05, 0.1) is 45.2 Å². The summed E-state index contributed by atoms with van der Waals surface area (Å²) in [4.78, 5) is 31.7. The number of pyridine rings is 1. The van der Waals surface area contributed by atoms with Gasteiger partial charge in [-0.3, -0.25) is 0 Å². The van der Waals surface area contributed by atoms with Crippen LogP contribution in [0.4, 0.5) is 15.0 Å². The van der Waals surface area contributed by atoms with Crippen LogP contribution in [0, 0.1) is 18.2 Å². The number of β-amino-alcohol motifs (C(OH)–C–C–N with tert-alkyl or cyclic N) is 1. The van der Waals surface area contributed by atoms with Gasteiger partial charge in [-0.15, -0.1) is 0 Å². The molecule has 4 atom stereocenters. The lowest BCUT2D eigenvalue weighted by molar-refractivity contribution is -0.0366. The van der Waals surface area contributed by atoms with Crippen molar-refractivity contribution in [2.45, 2.75) is 109 Å². The van der Waals surface area contributed by atoms with Crippen LogP contribution in [0.5, 0.6) is 11.9 Å². The molecule has 3 aromatic heterocycles. The second kappa shape index (κ2) is 15.5. The minimum absolute atomic E-state index is 0.0218. The molecule has 0 bridgehead atoms. The van der Waals surface area contributed by atoms with Gasteiger partial charge in [0.1, 0.15) is 33.6 Å². The highest BCUT2D eigenvalue weighted by atomic mass is 19.1. The normalized spacial score (nSPS) is 25.4. The van der Waals surface area contributed by atoms with E-state index >= 15 is 4.39 Å². The number of nitrogens with zero attached hydrogens (tertiary/aromatic N) is 7. The fraction of sp³-hybridized carbons (Fsp3) is 0.605. The standard InChI is InChI=1S/C43H56FN7O7/c1-8-27-26(2)21-29-28(22-45-51(29)31-14-9-10-19-56-31)32(27)35-34(44)36-33(38(46-35)54-7)37(49-18-20-55-24-42(6,53)23-49)48-39(47-36)57-25-43-15-11-13-30(43)50(17-12-16-43)40(52)58-41(3,4)5/h8,21-22,30-31,53H,1,9-20,23-25H2,2-7H3/t30-,31?,42+,43-/m1/s1. The number of likely N-dealkylation sites (tertiary alicyclic amines) is 1. The number of aliphatic hydroxyl groups is 1. The SMILES string of the molecule is C=Cc1c(C)cc2c(cnn2C2CCCCO2)c1-c1nc(OC)c2c(N3CCOC[C@@](C)(O)C3)nc(OC[C@]34CCC[C@H]3N(C(=O)OC(C)(C)C)CCC4)nc2c1F. The molecule has 4 fully saturated rings. The van der Waals surface area contributed by atoms with Gasteiger partial charge in [0.2, 0.25) is 5.88 Å². The van der Waals surface area contributed by atoms with Gasteiger partial charge in [-0.2, -0.15) is 15.1 Å². The number of aryl methyl sites for hydroxylation is 1. The van der Waals surface area contributed by atoms with Crippen LogP contribution in [0.2, 0.25) is 0 Å². The van der Waals surface area contributed by atoms with Crippen molar-refractivity contribution >= 4 is 39.8 Å². The van der Waals surface area contributed by atoms with Gasteiger partial charge in [0.15, 0.2) is 12.0 Å². The van der Waals surface area contributed by atoms with Gasteiger partial charge in [0.25, 0.3) is 0 Å². The monoisotopic (exact) mass is 801 g/mol. The number of ether oxygens (including phenoxy) is 5. The zero-order valence-electron chi connectivity index (χ0n) is 34.6. The molecule has 312 valence electrons. The molecular formula is C43H56FN7O7. The van der Waals surface area contributed by atoms with Gasteiger partial charge in [-0.05, 0) is 96.8 Å². The molecule has 1 unspecified atom stereocenters. The predicted octanol–water partition coefficient (Wildman–Crippen LogP) is 7.38. The first-order valence-corrected chi connectivity index (χ1v) is 20.6. The molecule has 1 saturated carbocycles. The summed E-state index contributed by atoms with van der Waals surface area (Å²) in [6.45, 7) is 15.8. The number of benzene rings is 1. The fourth-order valence-corrected chi connectivity index (χ4v) is 9.53. The van der Waals surface area contributed by atoms with Gasteiger partial charge in [-0.1, -0.05) is 19.1 Å². The van der Waals surface area contributed by atoms with Crippen LogP contribution < -0.4 is 14.4 Å². The average Bonchev–Trinajstić information content (AvgIpc) is 3.77. The number of piperidine rings is 1. The van der Waals surface area contributed by atoms with E-state index in [1.165, 1.54) is 7.11 Å². The number of methoxy groups -OCH3 is 1. The Hall–Kier alpha value is -4.60. The highest BCUT2D eigenvalue weighted by molar-refractivity contribution is 6.03. The van der Waals surface area contributed by atoms with E-state index in [0.29, 0.717) is 48.6 Å². The molecule has 0 spiro atoms. The molecule has 4 aliphatic rings. The molecule has 8 rings (SSSR count). The molecule has 1 N–H and O–H groups in total. The summed E-state index contributed by atoms with van der Waals surface area (Å²) in [5, 5.41) is 17.0. The third-order valence-electron chi connectivity index (χ3n) is 12.1. The number of rotatable bonds is 8. The summed E-state index contributed by atoms with van der Waals surface area (Å²) in [7, 11) is 1.48. The number of carbonyl (C=O) groups is 1. The maximum atomic E-state index is 17.8. The predicted molar refractivity (Wildman–Crippen MR) is 218 cm³/mol. The Morgan fingerprint density at radius 1 is 1.12 bits per heavy atom. The first-order valence-electron chi connectivity index (χ1n) is 20.6. The summed E-state index contributed by atoms with van der Waals surface area (Å²) in [6, 6.07) is 1.92. The molecule has 3 saturated heterocycles. The molecule has 3 aliphatic heterocycles. The van der Waals surface area contributed by atoms with E-state index in [-0.39, 0.29) is 72.0 Å². The van der Waals surface area contributed by atoms with Crippen LogP contribution in [0.3, 0.4) is 0 Å². The average molecular weight is 802 g/mol. The lowest BCUT2D eigenvalue weighted by atomic mass is 9.75. The quantitative estimate of drug-likeness (QED) is 0.190. The van der Waals surface area contributed by atoms with Crippen molar-refractivity contribution in [3.05, 3.63) is 35.8 Å². The molecular weight excluding hydrogens is 746 g/mol. The Morgan fingerprint density at radius 2 is 1.93 bits per heavy atom. The van der Waals surface area contributed by atoms with E-state index in [1.807, 2.05) is 48.2 Å². The second-order valence-corrected chi connectivity index (χ2v) is 17.7. The Labute approximate surface area is 338 Å². The van der Waals surface area contributed by atoms with Gasteiger partial charge < -0.3 is 38.6 Å². The first-order chi connectivity index (χ1) is 27.7. The summed E-state index contributed by atoms with van der Waals surface area (Å²) >= 11 is 0. The first kappa shape index (κ1) is 40.2. The minimum Gasteiger partial charge on any atom is -0.480 e. The lowest BCUT2D eigenvalue weighted by Crippen LogP contribution is -2.55. The highest BCUT2D eigenvalue weighted by Crippen LogP contribution is 2.49. The molecule has 6 heterocycles. The number of aromatic nitrogens is 5. The molecule has 0 radical (unpaired) electrons. The number of carbonyl (C=O) groups excluding carboxylic acids is 1. The molecule has 58 heavy (non-hydrogen) atoms. The summed E-state index contributed by atoms with van der Waals surface area (Å²) in [5.41, 5.74) is 0.644. The largest absolute Gasteiger partial charge is 0.480 e. The zero-order valence-corrected chi connectivity index (χ0v) is 34.6. The van der Waals surface area contributed by atoms with E-state index in [9.17, 15) is 9.90 Å². The topological polar surface area (TPSA) is 146 Å². The molecule has 1 amide bonds. The molecule has 1 aromatic carbocycles. The minimum atomic E-state index is -1.23. The Kier molecular flexibility index (Phi) is 10.8. The highest BCUT2D eigenvalue weighted by Gasteiger charge is 2.51. The van der Waals surface area contributed by atoms with Crippen LogP contribution in [-0.2, 0) is 14.2 Å². The van der Waals surface area contributed by atoms with Crippen molar-refractivity contribution in [2.24, 2.45) is 5.41 Å². The number of hydrogen-bond acceptors (Lipinski definition) is 12. The van der Waals surface area contributed by atoms with E-state index < -0.39 is 17.0 Å². The molecule has 14 nitrogen and oxygen atoms in total. The van der Waals surface area contributed by atoms with E-state index in [4.69, 9.17) is 43.7 Å². The number of halogens is 1. The fourth-order valence-electron chi connectivity index (χ4n) is 9.53. The maximum absolute atomic E-state index is 17.8. The van der Waals surface area contributed by atoms with E-state index in [1.54, 1.807) is 19.2 Å². The van der Waals surface area contributed by atoms with Crippen LogP contribution in [0.25, 0.3) is 39.1 Å². The van der Waals surface area contributed by atoms with Crippen LogP contribution in [-0.4, -0.2) is 111 Å². The van der Waals surface area contributed by atoms with E-state index in [2.05, 4.69) is 6.58 Å². The summed E-state index contributed by atoms with van der Waals surface area (Å²) in [5.74, 6) is -0.273. The number of amides is 1. The van der Waals surface area contributed by atoms with Gasteiger partial charge in [0, 0.05) is 42.1 Å². The van der Waals surface area contributed by atoms with Crippen molar-refractivity contribution in [2.75, 3.05) is 58.1 Å². The summed E-state index contributed by atoms with van der Waals surface area (Å²) < 4.78 is 49.9. The van der Waals surface area contributed by atoms with Crippen molar-refractivity contribution < 1.29 is 38.0 Å². The van der Waals surface area contributed by atoms with Gasteiger partial charge in [-0.25, -0.2) is 18.9 Å². The smallest absolute Gasteiger partial charge is 0.410 e. The third-order valence-corrected chi connectivity index (χ3v) is 12.1. The van der Waals surface area contributed by atoms with Crippen LogP contribution in [0.15, 0.2) is 18.8 Å². The lowest BCUT2D eigenvalue weighted by Gasteiger charge is -2.46. The van der Waals surface area contributed by atoms with Crippen molar-refractivity contribution in [3.8, 4) is 23.1 Å². The zero-order chi connectivity index (χ0) is 41.0. The number of anilines is 1. The maximum Gasteiger partial charge on any atom is 0.410 e. The third kappa shape index (κ3) is 7.45. The number of hydrogen-bond donors (Lipinski definition) is 1. The van der Waals surface area contributed by atoms with E-state index in [0.717, 1.165) is 62.4 Å². The summed E-state index contributed by atoms with van der Waals surface area (Å²) in [6.07, 6.45) is 9.99. The van der Waals surface area contributed by atoms with Crippen LogP contribution >= 0.6 is 0 Å².